The van der Waals surface area contributed by atoms with Gasteiger partial charge in [0, 0.05) is 17.1 Å². The van der Waals surface area contributed by atoms with Gasteiger partial charge >= 0.3 is 0 Å². The highest BCUT2D eigenvalue weighted by atomic mass is 16.5. The van der Waals surface area contributed by atoms with Crippen LogP contribution in [0.15, 0.2) is 65.9 Å². The summed E-state index contributed by atoms with van der Waals surface area (Å²) in [6.07, 6.45) is 3.29. The molecular weight excluding hydrogens is 318 g/mol. The molecule has 3 rings (SSSR count). The van der Waals surface area contributed by atoms with Crippen LogP contribution in [0.1, 0.15) is 5.56 Å². The van der Waals surface area contributed by atoms with E-state index in [0.717, 1.165) is 16.5 Å². The van der Waals surface area contributed by atoms with Crippen molar-refractivity contribution >= 4 is 23.0 Å². The van der Waals surface area contributed by atoms with Gasteiger partial charge in [0.25, 0.3) is 5.91 Å². The Morgan fingerprint density at radius 3 is 2.76 bits per heavy atom. The monoisotopic (exact) mass is 335 g/mol. The van der Waals surface area contributed by atoms with Gasteiger partial charge in [0.1, 0.15) is 0 Å². The Morgan fingerprint density at radius 1 is 1.12 bits per heavy atom. The van der Waals surface area contributed by atoms with Gasteiger partial charge in [-0.1, -0.05) is 36.4 Å². The minimum absolute atomic E-state index is 0.161. The van der Waals surface area contributed by atoms with E-state index in [0.29, 0.717) is 11.5 Å². The molecule has 0 unspecified atom stereocenters. The first-order chi connectivity index (χ1) is 12.3. The molecule has 3 aromatic rings. The van der Waals surface area contributed by atoms with Gasteiger partial charge in [-0.25, -0.2) is 5.43 Å². The maximum Gasteiger partial charge on any atom is 0.277 e. The van der Waals surface area contributed by atoms with E-state index in [1.54, 1.807) is 37.7 Å². The second kappa shape index (κ2) is 7.92. The van der Waals surface area contributed by atoms with E-state index in [1.807, 2.05) is 36.4 Å². The van der Waals surface area contributed by atoms with Gasteiger partial charge in [-0.2, -0.15) is 5.10 Å². The molecule has 0 aliphatic carbocycles. The number of nitrogens with zero attached hydrogens (tertiary/aromatic N) is 2. The number of para-hydroxylation sites is 3. The summed E-state index contributed by atoms with van der Waals surface area (Å²) in [6, 6.07) is 16.7. The lowest BCUT2D eigenvalue weighted by Gasteiger charge is -2.09. The fourth-order valence-corrected chi connectivity index (χ4v) is 2.32. The highest BCUT2D eigenvalue weighted by Gasteiger charge is 2.06. The predicted molar refractivity (Wildman–Crippen MR) is 96.0 cm³/mol. The number of fused-ring (bicyclic) bond motifs is 1. The summed E-state index contributed by atoms with van der Waals surface area (Å²) < 4.78 is 10.6. The number of hydrazone groups is 1. The largest absolute Gasteiger partial charge is 0.493 e. The fraction of sp³-hybridized carbons (Fsp3) is 0.105. The van der Waals surface area contributed by atoms with Gasteiger partial charge in [-0.05, 0) is 18.2 Å². The van der Waals surface area contributed by atoms with E-state index in [4.69, 9.17) is 9.47 Å². The number of nitrogens with one attached hydrogen (secondary N) is 1. The van der Waals surface area contributed by atoms with Crippen LogP contribution in [0.2, 0.25) is 0 Å². The zero-order chi connectivity index (χ0) is 17.5. The van der Waals surface area contributed by atoms with Gasteiger partial charge in [-0.15, -0.1) is 0 Å². The first-order valence-electron chi connectivity index (χ1n) is 7.69. The maximum atomic E-state index is 11.9. The van der Waals surface area contributed by atoms with Crippen molar-refractivity contribution in [1.82, 2.24) is 10.4 Å². The third-order valence-corrected chi connectivity index (χ3v) is 3.48. The quantitative estimate of drug-likeness (QED) is 0.555. The number of benzene rings is 2. The van der Waals surface area contributed by atoms with Crippen molar-refractivity contribution < 1.29 is 14.3 Å². The van der Waals surface area contributed by atoms with Crippen LogP contribution >= 0.6 is 0 Å². The Balaban J connectivity index is 1.59. The molecule has 0 aliphatic rings. The summed E-state index contributed by atoms with van der Waals surface area (Å²) in [7, 11) is 1.55. The van der Waals surface area contributed by atoms with Crippen LogP contribution < -0.4 is 14.9 Å². The van der Waals surface area contributed by atoms with Crippen molar-refractivity contribution in [3.8, 4) is 11.5 Å². The number of methoxy groups -OCH3 is 1. The first kappa shape index (κ1) is 16.4. The molecule has 1 aromatic heterocycles. The summed E-state index contributed by atoms with van der Waals surface area (Å²) in [6.45, 7) is -0.161. The number of pyridine rings is 1. The van der Waals surface area contributed by atoms with Crippen LogP contribution in [0.25, 0.3) is 10.9 Å². The number of hydrogen-bond donors (Lipinski definition) is 1. The third kappa shape index (κ3) is 4.11. The van der Waals surface area contributed by atoms with Crippen LogP contribution in [0.5, 0.6) is 11.5 Å². The molecule has 0 saturated heterocycles. The Morgan fingerprint density at radius 2 is 1.92 bits per heavy atom. The second-order valence-electron chi connectivity index (χ2n) is 5.16. The van der Waals surface area contributed by atoms with Crippen molar-refractivity contribution in [2.75, 3.05) is 13.7 Å². The second-order valence-corrected chi connectivity index (χ2v) is 5.16. The molecule has 1 amide bonds. The van der Waals surface area contributed by atoms with E-state index in [9.17, 15) is 4.79 Å². The van der Waals surface area contributed by atoms with Gasteiger partial charge < -0.3 is 9.47 Å². The smallest absolute Gasteiger partial charge is 0.277 e. The molecule has 0 bridgehead atoms. The summed E-state index contributed by atoms with van der Waals surface area (Å²) in [5.74, 6) is 0.707. The number of amides is 1. The number of carbonyl (C=O) groups excluding carboxylic acids is 1. The SMILES string of the molecule is COc1ccccc1OCC(=O)NN=Cc1cccc2cccnc12. The molecule has 0 radical (unpaired) electrons. The minimum Gasteiger partial charge on any atom is -0.493 e. The molecule has 0 spiro atoms. The molecule has 2 aromatic carbocycles. The van der Waals surface area contributed by atoms with Gasteiger partial charge in [0.15, 0.2) is 18.1 Å². The topological polar surface area (TPSA) is 72.8 Å². The van der Waals surface area contributed by atoms with Crippen LogP contribution in [0.3, 0.4) is 0 Å². The fourth-order valence-electron chi connectivity index (χ4n) is 2.32. The number of aromatic nitrogens is 1. The van der Waals surface area contributed by atoms with Gasteiger partial charge in [0.05, 0.1) is 18.8 Å². The highest BCUT2D eigenvalue weighted by molar-refractivity contribution is 5.97. The molecule has 0 atom stereocenters. The lowest BCUT2D eigenvalue weighted by Crippen LogP contribution is -2.24. The van der Waals surface area contributed by atoms with Crippen molar-refractivity contribution in [2.45, 2.75) is 0 Å². The standard InChI is InChI=1S/C19H17N3O3/c1-24-16-9-2-3-10-17(16)25-13-18(23)22-21-12-15-7-4-6-14-8-5-11-20-19(14)15/h2-12H,13H2,1H3,(H,22,23). The first-order valence-corrected chi connectivity index (χ1v) is 7.69. The van der Waals surface area contributed by atoms with E-state index >= 15 is 0 Å². The Kier molecular flexibility index (Phi) is 5.21. The van der Waals surface area contributed by atoms with Crippen molar-refractivity contribution in [1.29, 1.82) is 0 Å². The highest BCUT2D eigenvalue weighted by Crippen LogP contribution is 2.25. The summed E-state index contributed by atoms with van der Waals surface area (Å²) >= 11 is 0. The number of carbonyl (C=O) groups is 1. The normalized spacial score (nSPS) is 10.8. The van der Waals surface area contributed by atoms with Crippen LogP contribution in [0, 0.1) is 0 Å². The summed E-state index contributed by atoms with van der Waals surface area (Å²) in [5.41, 5.74) is 4.09. The Labute approximate surface area is 145 Å². The molecule has 126 valence electrons. The predicted octanol–water partition coefficient (Wildman–Crippen LogP) is 2.77. The van der Waals surface area contributed by atoms with Crippen molar-refractivity contribution in [3.05, 3.63) is 66.4 Å². The summed E-state index contributed by atoms with van der Waals surface area (Å²) in [5, 5.41) is 4.98. The molecule has 25 heavy (non-hydrogen) atoms. The minimum atomic E-state index is -0.365. The Bertz CT molecular complexity index is 904. The molecule has 6 nitrogen and oxygen atoms in total. The molecule has 1 heterocycles. The number of rotatable bonds is 6. The number of hydrogen-bond acceptors (Lipinski definition) is 5. The molecular formula is C19H17N3O3. The Hall–Kier alpha value is -3.41. The zero-order valence-corrected chi connectivity index (χ0v) is 13.7. The average molecular weight is 335 g/mol. The lowest BCUT2D eigenvalue weighted by atomic mass is 10.1. The van der Waals surface area contributed by atoms with Crippen molar-refractivity contribution in [2.24, 2.45) is 5.10 Å². The van der Waals surface area contributed by atoms with Gasteiger partial charge in [0.2, 0.25) is 0 Å². The van der Waals surface area contributed by atoms with E-state index in [-0.39, 0.29) is 12.5 Å². The third-order valence-electron chi connectivity index (χ3n) is 3.48. The van der Waals surface area contributed by atoms with E-state index in [2.05, 4.69) is 15.5 Å². The van der Waals surface area contributed by atoms with E-state index < -0.39 is 0 Å². The molecule has 0 saturated carbocycles. The average Bonchev–Trinajstić information content (AvgIpc) is 2.67. The molecule has 1 N–H and O–H groups in total. The lowest BCUT2D eigenvalue weighted by molar-refractivity contribution is -0.123. The van der Waals surface area contributed by atoms with E-state index in [1.165, 1.54) is 0 Å². The molecule has 0 aliphatic heterocycles. The van der Waals surface area contributed by atoms with Gasteiger partial charge in [-0.3, -0.25) is 9.78 Å². The molecule has 6 heteroatoms. The zero-order valence-electron chi connectivity index (χ0n) is 13.7. The maximum absolute atomic E-state index is 11.9. The molecule has 0 fully saturated rings. The van der Waals surface area contributed by atoms with Crippen molar-refractivity contribution in [3.63, 3.8) is 0 Å². The van der Waals surface area contributed by atoms with Crippen LogP contribution in [0.4, 0.5) is 0 Å². The summed E-state index contributed by atoms with van der Waals surface area (Å²) in [4.78, 5) is 16.2. The number of ether oxygens (including phenoxy) is 2. The van der Waals surface area contributed by atoms with Crippen LogP contribution in [-0.4, -0.2) is 30.8 Å². The van der Waals surface area contributed by atoms with Crippen LogP contribution in [-0.2, 0) is 4.79 Å².